The van der Waals surface area contributed by atoms with Gasteiger partial charge in [-0.3, -0.25) is 0 Å². The van der Waals surface area contributed by atoms with E-state index >= 15 is 0 Å². The lowest BCUT2D eigenvalue weighted by atomic mass is 10.4. The maximum absolute atomic E-state index is 5.61. The molecule has 0 bridgehead atoms. The number of hydrogen-bond donors (Lipinski definition) is 2. The van der Waals surface area contributed by atoms with E-state index in [9.17, 15) is 0 Å². The second-order valence-electron chi connectivity index (χ2n) is 5.33. The standard InChI is InChI=1S/C15H26N4O2/c1-3-7-16-14-13(20-2)15(19-11-18-14)17-8-4-9-21-10-12-5-6-12/h11-12H,3-10H2,1-2H3,(H2,16,17,18,19). The van der Waals surface area contributed by atoms with Gasteiger partial charge in [-0.05, 0) is 31.6 Å². The monoisotopic (exact) mass is 294 g/mol. The van der Waals surface area contributed by atoms with Crippen molar-refractivity contribution in [1.82, 2.24) is 9.97 Å². The third kappa shape index (κ3) is 5.38. The number of methoxy groups -OCH3 is 1. The van der Waals surface area contributed by atoms with Crippen molar-refractivity contribution in [1.29, 1.82) is 0 Å². The Morgan fingerprint density at radius 1 is 1.19 bits per heavy atom. The van der Waals surface area contributed by atoms with Gasteiger partial charge < -0.3 is 20.1 Å². The number of ether oxygens (including phenoxy) is 2. The van der Waals surface area contributed by atoms with Crippen molar-refractivity contribution >= 4 is 11.6 Å². The number of rotatable bonds is 11. The lowest BCUT2D eigenvalue weighted by Crippen LogP contribution is -2.11. The second kappa shape index (κ2) is 8.67. The van der Waals surface area contributed by atoms with Gasteiger partial charge in [-0.25, -0.2) is 9.97 Å². The van der Waals surface area contributed by atoms with Gasteiger partial charge in [0.05, 0.1) is 7.11 Å². The van der Waals surface area contributed by atoms with Crippen LogP contribution in [0.25, 0.3) is 0 Å². The molecular weight excluding hydrogens is 268 g/mol. The summed E-state index contributed by atoms with van der Waals surface area (Å²) in [5.41, 5.74) is 0. The van der Waals surface area contributed by atoms with Crippen molar-refractivity contribution in [3.8, 4) is 5.75 Å². The maximum atomic E-state index is 5.61. The first kappa shape index (κ1) is 15.8. The van der Waals surface area contributed by atoms with E-state index in [2.05, 4.69) is 27.5 Å². The second-order valence-corrected chi connectivity index (χ2v) is 5.33. The largest absolute Gasteiger partial charge is 0.490 e. The summed E-state index contributed by atoms with van der Waals surface area (Å²) in [5, 5.41) is 6.53. The fraction of sp³-hybridized carbons (Fsp3) is 0.733. The molecule has 21 heavy (non-hydrogen) atoms. The van der Waals surface area contributed by atoms with Crippen molar-refractivity contribution in [2.45, 2.75) is 32.6 Å². The molecule has 0 atom stereocenters. The third-order valence-corrected chi connectivity index (χ3v) is 3.36. The molecule has 6 heteroatoms. The summed E-state index contributed by atoms with van der Waals surface area (Å²) in [5.74, 6) is 2.96. The van der Waals surface area contributed by atoms with E-state index in [-0.39, 0.29) is 0 Å². The molecule has 0 aromatic carbocycles. The van der Waals surface area contributed by atoms with Crippen LogP contribution in [0.2, 0.25) is 0 Å². The van der Waals surface area contributed by atoms with E-state index in [1.54, 1.807) is 13.4 Å². The Kier molecular flexibility index (Phi) is 6.53. The van der Waals surface area contributed by atoms with E-state index in [1.165, 1.54) is 12.8 Å². The van der Waals surface area contributed by atoms with Crippen LogP contribution in [0.15, 0.2) is 6.33 Å². The van der Waals surface area contributed by atoms with Gasteiger partial charge in [0.1, 0.15) is 6.33 Å². The van der Waals surface area contributed by atoms with Gasteiger partial charge in [0.2, 0.25) is 5.75 Å². The quantitative estimate of drug-likeness (QED) is 0.611. The number of anilines is 2. The molecule has 6 nitrogen and oxygen atoms in total. The minimum absolute atomic E-state index is 0.671. The molecule has 1 aromatic heterocycles. The van der Waals surface area contributed by atoms with Crippen LogP contribution in [-0.4, -0.2) is 43.4 Å². The minimum Gasteiger partial charge on any atom is -0.490 e. The SMILES string of the molecule is CCCNc1ncnc(NCCCOCC2CC2)c1OC. The highest BCUT2D eigenvalue weighted by molar-refractivity contribution is 5.63. The Labute approximate surface area is 126 Å². The molecule has 0 amide bonds. The molecule has 1 heterocycles. The lowest BCUT2D eigenvalue weighted by Gasteiger charge is -2.13. The summed E-state index contributed by atoms with van der Waals surface area (Å²) in [6.45, 7) is 5.49. The molecule has 0 aliphatic heterocycles. The summed E-state index contributed by atoms with van der Waals surface area (Å²) in [7, 11) is 1.64. The molecule has 1 aliphatic carbocycles. The summed E-state index contributed by atoms with van der Waals surface area (Å²) in [4.78, 5) is 8.47. The van der Waals surface area contributed by atoms with Crippen molar-refractivity contribution in [2.75, 3.05) is 44.0 Å². The van der Waals surface area contributed by atoms with Gasteiger partial charge in [0, 0.05) is 26.3 Å². The molecule has 0 spiro atoms. The zero-order valence-electron chi connectivity index (χ0n) is 13.0. The predicted molar refractivity (Wildman–Crippen MR) is 84.0 cm³/mol. The van der Waals surface area contributed by atoms with Crippen LogP contribution in [0.4, 0.5) is 11.6 Å². The Bertz CT molecular complexity index is 424. The summed E-state index contributed by atoms with van der Waals surface area (Å²) in [6.07, 6.45) is 6.21. The molecule has 0 saturated heterocycles. The molecular formula is C15H26N4O2. The zero-order valence-corrected chi connectivity index (χ0v) is 13.0. The number of aromatic nitrogens is 2. The van der Waals surface area contributed by atoms with E-state index in [0.29, 0.717) is 5.75 Å². The molecule has 0 radical (unpaired) electrons. The average Bonchev–Trinajstić information content (AvgIpc) is 3.32. The Balaban J connectivity index is 1.75. The van der Waals surface area contributed by atoms with Gasteiger partial charge in [-0.1, -0.05) is 6.92 Å². The van der Waals surface area contributed by atoms with Gasteiger partial charge in [0.15, 0.2) is 11.6 Å². The Morgan fingerprint density at radius 3 is 2.52 bits per heavy atom. The Hall–Kier alpha value is -1.56. The van der Waals surface area contributed by atoms with Crippen LogP contribution in [-0.2, 0) is 4.74 Å². The molecule has 118 valence electrons. The molecule has 1 aromatic rings. The fourth-order valence-electron chi connectivity index (χ4n) is 1.98. The van der Waals surface area contributed by atoms with E-state index in [1.807, 2.05) is 0 Å². The molecule has 2 rings (SSSR count). The minimum atomic E-state index is 0.671. The van der Waals surface area contributed by atoms with Crippen LogP contribution in [0.3, 0.4) is 0 Å². The van der Waals surface area contributed by atoms with Crippen molar-refractivity contribution in [3.05, 3.63) is 6.33 Å². The maximum Gasteiger partial charge on any atom is 0.204 e. The smallest absolute Gasteiger partial charge is 0.204 e. The normalized spacial score (nSPS) is 14.0. The first-order valence-electron chi connectivity index (χ1n) is 7.79. The first-order valence-corrected chi connectivity index (χ1v) is 7.79. The van der Waals surface area contributed by atoms with Crippen molar-refractivity contribution < 1.29 is 9.47 Å². The van der Waals surface area contributed by atoms with E-state index < -0.39 is 0 Å². The van der Waals surface area contributed by atoms with E-state index in [4.69, 9.17) is 9.47 Å². The third-order valence-electron chi connectivity index (χ3n) is 3.36. The van der Waals surface area contributed by atoms with Gasteiger partial charge in [0.25, 0.3) is 0 Å². The lowest BCUT2D eigenvalue weighted by molar-refractivity contribution is 0.124. The van der Waals surface area contributed by atoms with Crippen LogP contribution < -0.4 is 15.4 Å². The van der Waals surface area contributed by atoms with Gasteiger partial charge in [-0.2, -0.15) is 0 Å². The zero-order chi connectivity index (χ0) is 14.9. The van der Waals surface area contributed by atoms with Crippen LogP contribution >= 0.6 is 0 Å². The van der Waals surface area contributed by atoms with Crippen molar-refractivity contribution in [3.63, 3.8) is 0 Å². The van der Waals surface area contributed by atoms with E-state index in [0.717, 1.165) is 56.7 Å². The molecule has 1 fully saturated rings. The van der Waals surface area contributed by atoms with Crippen molar-refractivity contribution in [2.24, 2.45) is 5.92 Å². The predicted octanol–water partition coefficient (Wildman–Crippen LogP) is 2.54. The average molecular weight is 294 g/mol. The van der Waals surface area contributed by atoms with Crippen LogP contribution in [0.1, 0.15) is 32.6 Å². The van der Waals surface area contributed by atoms with Crippen LogP contribution in [0.5, 0.6) is 5.75 Å². The number of hydrogen-bond acceptors (Lipinski definition) is 6. The highest BCUT2D eigenvalue weighted by Gasteiger charge is 2.20. The number of nitrogens with one attached hydrogen (secondary N) is 2. The highest BCUT2D eigenvalue weighted by atomic mass is 16.5. The summed E-state index contributed by atoms with van der Waals surface area (Å²) >= 11 is 0. The van der Waals surface area contributed by atoms with Gasteiger partial charge >= 0.3 is 0 Å². The molecule has 1 aliphatic rings. The molecule has 2 N–H and O–H groups in total. The molecule has 0 unspecified atom stereocenters. The number of nitrogens with zero attached hydrogens (tertiary/aromatic N) is 2. The summed E-state index contributed by atoms with van der Waals surface area (Å²) in [6, 6.07) is 0. The van der Waals surface area contributed by atoms with Crippen LogP contribution in [0, 0.1) is 5.92 Å². The highest BCUT2D eigenvalue weighted by Crippen LogP contribution is 2.29. The first-order chi connectivity index (χ1) is 10.3. The van der Waals surface area contributed by atoms with Gasteiger partial charge in [-0.15, -0.1) is 0 Å². The molecule has 1 saturated carbocycles. The topological polar surface area (TPSA) is 68.3 Å². The summed E-state index contributed by atoms with van der Waals surface area (Å²) < 4.78 is 11.0. The fourth-order valence-corrected chi connectivity index (χ4v) is 1.98. The Morgan fingerprint density at radius 2 is 1.90 bits per heavy atom.